The second-order valence-electron chi connectivity index (χ2n) is 3.57. The van der Waals surface area contributed by atoms with Gasteiger partial charge in [-0.05, 0) is 18.4 Å². The summed E-state index contributed by atoms with van der Waals surface area (Å²) in [5, 5.41) is 6.71. The molecule has 1 heterocycles. The molecule has 2 aromatic rings. The summed E-state index contributed by atoms with van der Waals surface area (Å²) >= 11 is 1.02. The van der Waals surface area contributed by atoms with E-state index in [4.69, 9.17) is 4.42 Å². The van der Waals surface area contributed by atoms with Gasteiger partial charge in [-0.3, -0.25) is 0 Å². The van der Waals surface area contributed by atoms with Gasteiger partial charge in [-0.25, -0.2) is 0 Å². The van der Waals surface area contributed by atoms with Gasteiger partial charge >= 0.3 is 22.4 Å². The van der Waals surface area contributed by atoms with Crippen molar-refractivity contribution >= 4 is 21.9 Å². The smallest absolute Gasteiger partial charge is 0.382 e. The quantitative estimate of drug-likeness (QED) is 0.625. The van der Waals surface area contributed by atoms with E-state index in [0.717, 1.165) is 30.0 Å². The highest BCUT2D eigenvalue weighted by Gasteiger charge is 2.38. The fourth-order valence-electron chi connectivity index (χ4n) is 1.37. The lowest BCUT2D eigenvalue weighted by atomic mass is 10.2. The highest BCUT2D eigenvalue weighted by atomic mass is 32.2. The number of aromatic nitrogens is 2. The van der Waals surface area contributed by atoms with Crippen molar-refractivity contribution in [1.29, 1.82) is 0 Å². The fraction of sp³-hybridized carbons (Fsp3) is 0.200. The number of rotatable bonds is 4. The van der Waals surface area contributed by atoms with Crippen molar-refractivity contribution in [3.8, 4) is 6.08 Å². The summed E-state index contributed by atoms with van der Waals surface area (Å²) in [5.74, 6) is 0. The average molecular weight is 340 g/mol. The van der Waals surface area contributed by atoms with Crippen molar-refractivity contribution < 1.29 is 30.2 Å². The Labute approximate surface area is 121 Å². The third-order valence-electron chi connectivity index (χ3n) is 2.21. The van der Waals surface area contributed by atoms with Crippen LogP contribution in [0.1, 0.15) is 5.56 Å². The monoisotopic (exact) mass is 340 g/mol. The molecule has 0 saturated heterocycles. The minimum Gasteiger partial charge on any atom is -0.382 e. The molecule has 0 bridgehead atoms. The molecule has 0 unspecified atom stereocenters. The van der Waals surface area contributed by atoms with E-state index in [1.54, 1.807) is 6.26 Å². The normalized spacial score (nSPS) is 12.4. The van der Waals surface area contributed by atoms with Gasteiger partial charge in [-0.1, -0.05) is 34.1 Å². The molecular formula is C10H7F3N2O4S2. The molecule has 0 amide bonds. The molecule has 0 aliphatic rings. The van der Waals surface area contributed by atoms with Crippen LogP contribution in [0.5, 0.6) is 6.08 Å². The van der Waals surface area contributed by atoms with Crippen LogP contribution in [-0.2, 0) is 16.3 Å². The van der Waals surface area contributed by atoms with Crippen molar-refractivity contribution in [3.05, 3.63) is 29.8 Å². The molecule has 0 fully saturated rings. The van der Waals surface area contributed by atoms with E-state index in [1.807, 2.05) is 0 Å². The molecule has 0 N–H and O–H groups in total. The van der Waals surface area contributed by atoms with Gasteiger partial charge in [0.2, 0.25) is 0 Å². The standard InChI is InChI=1S/C10H7F3N2O4S2/c1-20-9-15-14-8(18-9)19-21(16,17)7-5-3-2-4-6(7)10(11,12)13/h2-5H,1H3. The van der Waals surface area contributed by atoms with E-state index < -0.39 is 32.8 Å². The predicted molar refractivity (Wildman–Crippen MR) is 65.3 cm³/mol. The molecule has 11 heteroatoms. The first-order valence-corrected chi connectivity index (χ1v) is 7.85. The first kappa shape index (κ1) is 15.6. The highest BCUT2D eigenvalue weighted by Crippen LogP contribution is 2.34. The largest absolute Gasteiger partial charge is 0.431 e. The Bertz CT molecular complexity index is 743. The number of thioether (sulfide) groups is 1. The van der Waals surface area contributed by atoms with Crippen molar-refractivity contribution in [2.45, 2.75) is 16.3 Å². The van der Waals surface area contributed by atoms with Gasteiger partial charge in [0.15, 0.2) is 0 Å². The van der Waals surface area contributed by atoms with Crippen LogP contribution >= 0.6 is 11.8 Å². The van der Waals surface area contributed by atoms with Gasteiger partial charge in [-0.2, -0.15) is 21.6 Å². The summed E-state index contributed by atoms with van der Waals surface area (Å²) in [6.07, 6.45) is -4.01. The molecular weight excluding hydrogens is 333 g/mol. The Morgan fingerprint density at radius 2 is 1.90 bits per heavy atom. The zero-order valence-corrected chi connectivity index (χ0v) is 11.9. The van der Waals surface area contributed by atoms with Crippen LogP contribution in [-0.4, -0.2) is 24.9 Å². The zero-order chi connectivity index (χ0) is 15.7. The van der Waals surface area contributed by atoms with Crippen molar-refractivity contribution in [2.75, 3.05) is 6.26 Å². The number of benzene rings is 1. The summed E-state index contributed by atoms with van der Waals surface area (Å²) in [6.45, 7) is 0. The predicted octanol–water partition coefficient (Wildman–Crippen LogP) is 2.58. The number of nitrogens with zero attached hydrogens (tertiary/aromatic N) is 2. The van der Waals surface area contributed by atoms with Crippen molar-refractivity contribution in [1.82, 2.24) is 10.2 Å². The van der Waals surface area contributed by atoms with E-state index in [-0.39, 0.29) is 5.22 Å². The maximum atomic E-state index is 12.8. The minimum absolute atomic E-state index is 0.0179. The Hall–Kier alpha value is -1.75. The molecule has 0 aliphatic heterocycles. The van der Waals surface area contributed by atoms with Gasteiger partial charge in [0.25, 0.3) is 5.22 Å². The van der Waals surface area contributed by atoms with Gasteiger partial charge in [0, 0.05) is 0 Å². The summed E-state index contributed by atoms with van der Waals surface area (Å²) in [6, 6.07) is 3.63. The van der Waals surface area contributed by atoms with Crippen LogP contribution in [0.15, 0.2) is 38.8 Å². The molecule has 0 saturated carbocycles. The van der Waals surface area contributed by atoms with E-state index in [2.05, 4.69) is 14.4 Å². The van der Waals surface area contributed by atoms with E-state index in [9.17, 15) is 21.6 Å². The number of alkyl halides is 3. The fourth-order valence-corrected chi connectivity index (χ4v) is 2.69. The number of hydrogen-bond donors (Lipinski definition) is 0. The minimum atomic E-state index is -4.84. The zero-order valence-electron chi connectivity index (χ0n) is 10.3. The van der Waals surface area contributed by atoms with E-state index in [1.165, 1.54) is 0 Å². The van der Waals surface area contributed by atoms with Crippen molar-refractivity contribution in [2.24, 2.45) is 0 Å². The third-order valence-corrected chi connectivity index (χ3v) is 3.98. The van der Waals surface area contributed by atoms with Crippen molar-refractivity contribution in [3.63, 3.8) is 0 Å². The maximum Gasteiger partial charge on any atom is 0.431 e. The summed E-state index contributed by atoms with van der Waals surface area (Å²) in [4.78, 5) is -1.03. The molecule has 2 rings (SSSR count). The van der Waals surface area contributed by atoms with Crippen LogP contribution in [0.4, 0.5) is 13.2 Å². The Morgan fingerprint density at radius 1 is 1.24 bits per heavy atom. The lowest BCUT2D eigenvalue weighted by Gasteiger charge is -2.11. The Morgan fingerprint density at radius 3 is 2.48 bits per heavy atom. The molecule has 0 atom stereocenters. The molecule has 6 nitrogen and oxygen atoms in total. The lowest BCUT2D eigenvalue weighted by molar-refractivity contribution is -0.140. The highest BCUT2D eigenvalue weighted by molar-refractivity contribution is 7.98. The second kappa shape index (κ2) is 5.56. The van der Waals surface area contributed by atoms with Crippen LogP contribution in [0.3, 0.4) is 0 Å². The SMILES string of the molecule is CSc1nnc(OS(=O)(=O)c2ccccc2C(F)(F)F)o1. The van der Waals surface area contributed by atoms with Crippen LogP contribution in [0, 0.1) is 0 Å². The van der Waals surface area contributed by atoms with E-state index in [0.29, 0.717) is 6.07 Å². The summed E-state index contributed by atoms with van der Waals surface area (Å²) < 4.78 is 71.4. The Kier molecular flexibility index (Phi) is 4.14. The van der Waals surface area contributed by atoms with Gasteiger partial charge < -0.3 is 8.60 Å². The molecule has 0 spiro atoms. The molecule has 0 aliphatic carbocycles. The molecule has 21 heavy (non-hydrogen) atoms. The van der Waals surface area contributed by atoms with Crippen LogP contribution < -0.4 is 4.18 Å². The Balaban J connectivity index is 2.40. The van der Waals surface area contributed by atoms with Crippen LogP contribution in [0.2, 0.25) is 0 Å². The second-order valence-corrected chi connectivity index (χ2v) is 5.84. The lowest BCUT2D eigenvalue weighted by Crippen LogP contribution is -2.17. The molecule has 114 valence electrons. The van der Waals surface area contributed by atoms with Crippen LogP contribution in [0.25, 0.3) is 0 Å². The summed E-state index contributed by atoms with van der Waals surface area (Å²) in [5.41, 5.74) is -1.34. The first-order valence-electron chi connectivity index (χ1n) is 5.22. The topological polar surface area (TPSA) is 82.3 Å². The first-order chi connectivity index (χ1) is 9.74. The van der Waals surface area contributed by atoms with E-state index >= 15 is 0 Å². The number of hydrogen-bond acceptors (Lipinski definition) is 7. The summed E-state index contributed by atoms with van der Waals surface area (Å²) in [7, 11) is -4.75. The maximum absolute atomic E-state index is 12.8. The van der Waals surface area contributed by atoms with Gasteiger partial charge in [0.1, 0.15) is 4.90 Å². The molecule has 0 radical (unpaired) electrons. The molecule has 1 aromatic carbocycles. The third kappa shape index (κ3) is 3.47. The number of halogens is 3. The van der Waals surface area contributed by atoms with Gasteiger partial charge in [0.05, 0.1) is 5.56 Å². The molecule has 1 aromatic heterocycles. The average Bonchev–Trinajstić information content (AvgIpc) is 2.85. The van der Waals surface area contributed by atoms with Gasteiger partial charge in [-0.15, -0.1) is 0 Å².